The number of nitrogens with zero attached hydrogens (tertiary/aromatic N) is 4. The molecule has 0 radical (unpaired) electrons. The highest BCUT2D eigenvalue weighted by molar-refractivity contribution is 5.79. The van der Waals surface area contributed by atoms with Crippen molar-refractivity contribution in [2.75, 3.05) is 32.8 Å². The number of halogens is 1. The summed E-state index contributed by atoms with van der Waals surface area (Å²) in [6.45, 7) is 2.06. The highest BCUT2D eigenvalue weighted by Gasteiger charge is 2.43. The van der Waals surface area contributed by atoms with E-state index in [2.05, 4.69) is 15.0 Å². The van der Waals surface area contributed by atoms with E-state index in [1.807, 2.05) is 54.6 Å². The minimum Gasteiger partial charge on any atom is -0.450 e. The molecule has 2 fully saturated rings. The molecule has 1 N–H and O–H groups in total. The number of benzene rings is 3. The van der Waals surface area contributed by atoms with Crippen LogP contribution in [-0.4, -0.2) is 81.8 Å². The topological polar surface area (TPSA) is 145 Å². The van der Waals surface area contributed by atoms with Crippen molar-refractivity contribution in [3.05, 3.63) is 84.2 Å². The minimum atomic E-state index is -1.71. The first kappa shape index (κ1) is 32.6. The standard InChI is InChI=1S/C35H35FN4O8/c36-29-21-27(13-14-28(29)25-7-3-1-4-8-25)32-37-31(38-48-32)26-11-9-24(10-12-26)22-39-19-15-35(16-20-39,46-33(42)43)47-34(44)45-23-30(41)40-17-5-2-6-18-40/h1,3-4,7-14,21H,2,5-6,15-20,22-23H2,(H,42,43). The van der Waals surface area contributed by atoms with Gasteiger partial charge in [0.25, 0.3) is 17.6 Å². The van der Waals surface area contributed by atoms with Crippen LogP contribution in [-0.2, 0) is 25.5 Å². The Morgan fingerprint density at radius 3 is 2.25 bits per heavy atom. The Morgan fingerprint density at radius 1 is 0.854 bits per heavy atom. The second-order valence-corrected chi connectivity index (χ2v) is 11.8. The summed E-state index contributed by atoms with van der Waals surface area (Å²) in [5, 5.41) is 13.4. The number of likely N-dealkylation sites (tertiary alicyclic amines) is 2. The van der Waals surface area contributed by atoms with E-state index in [9.17, 15) is 23.9 Å². The number of rotatable bonds is 9. The van der Waals surface area contributed by atoms with Gasteiger partial charge in [-0.15, -0.1) is 0 Å². The molecule has 2 saturated heterocycles. The van der Waals surface area contributed by atoms with Crippen LogP contribution in [0.1, 0.15) is 37.7 Å². The van der Waals surface area contributed by atoms with Gasteiger partial charge >= 0.3 is 12.3 Å². The Morgan fingerprint density at radius 2 is 1.56 bits per heavy atom. The van der Waals surface area contributed by atoms with Crippen molar-refractivity contribution in [3.63, 3.8) is 0 Å². The van der Waals surface area contributed by atoms with Crippen LogP contribution >= 0.6 is 0 Å². The summed E-state index contributed by atoms with van der Waals surface area (Å²) in [7, 11) is 0. The van der Waals surface area contributed by atoms with E-state index in [1.165, 1.54) is 6.07 Å². The largest absolute Gasteiger partial charge is 0.512 e. The summed E-state index contributed by atoms with van der Waals surface area (Å²) in [6, 6.07) is 21.6. The zero-order chi connectivity index (χ0) is 33.5. The Kier molecular flexibility index (Phi) is 9.95. The van der Waals surface area contributed by atoms with Crippen molar-refractivity contribution >= 4 is 18.2 Å². The summed E-state index contributed by atoms with van der Waals surface area (Å²) >= 11 is 0. The van der Waals surface area contributed by atoms with Gasteiger partial charge in [-0.3, -0.25) is 9.69 Å². The number of hydrogen-bond donors (Lipinski definition) is 1. The van der Waals surface area contributed by atoms with Crippen LogP contribution in [0, 0.1) is 5.82 Å². The molecule has 1 aromatic heterocycles. The zero-order valence-electron chi connectivity index (χ0n) is 26.2. The van der Waals surface area contributed by atoms with E-state index in [4.69, 9.17) is 18.7 Å². The first-order chi connectivity index (χ1) is 23.3. The molecule has 0 spiro atoms. The lowest BCUT2D eigenvalue weighted by Crippen LogP contribution is -2.49. The van der Waals surface area contributed by atoms with Gasteiger partial charge in [0, 0.05) is 62.3 Å². The Bertz CT molecular complexity index is 1730. The summed E-state index contributed by atoms with van der Waals surface area (Å²) in [6.07, 6.45) is 0.319. The highest BCUT2D eigenvalue weighted by Crippen LogP contribution is 2.31. The molecule has 2 aliphatic heterocycles. The summed E-state index contributed by atoms with van der Waals surface area (Å²) < 4.78 is 35.7. The van der Waals surface area contributed by atoms with Crippen molar-refractivity contribution in [1.82, 2.24) is 19.9 Å². The number of carbonyl (C=O) groups excluding carboxylic acids is 2. The average Bonchev–Trinajstić information content (AvgIpc) is 3.60. The van der Waals surface area contributed by atoms with Crippen molar-refractivity contribution in [1.29, 1.82) is 0 Å². The second kappa shape index (κ2) is 14.6. The van der Waals surface area contributed by atoms with E-state index in [-0.39, 0.29) is 24.6 Å². The lowest BCUT2D eigenvalue weighted by Gasteiger charge is -2.39. The predicted molar refractivity (Wildman–Crippen MR) is 170 cm³/mol. The Hall–Kier alpha value is -5.30. The van der Waals surface area contributed by atoms with Crippen molar-refractivity contribution in [2.24, 2.45) is 0 Å². The molecule has 2 aliphatic rings. The number of carbonyl (C=O) groups is 3. The number of aromatic nitrogens is 2. The zero-order valence-corrected chi connectivity index (χ0v) is 26.2. The highest BCUT2D eigenvalue weighted by atomic mass is 19.1. The van der Waals surface area contributed by atoms with Gasteiger partial charge < -0.3 is 28.7 Å². The van der Waals surface area contributed by atoms with Gasteiger partial charge in [-0.1, -0.05) is 65.8 Å². The van der Waals surface area contributed by atoms with Crippen molar-refractivity contribution in [2.45, 2.75) is 44.4 Å². The molecule has 3 heterocycles. The van der Waals surface area contributed by atoms with E-state index >= 15 is 0 Å². The third-order valence-corrected chi connectivity index (χ3v) is 8.53. The molecule has 0 bridgehead atoms. The quantitative estimate of drug-likeness (QED) is 0.158. The molecule has 0 saturated carbocycles. The molecular weight excluding hydrogens is 623 g/mol. The normalized spacial score (nSPS) is 16.2. The smallest absolute Gasteiger partial charge is 0.450 e. The van der Waals surface area contributed by atoms with E-state index in [0.29, 0.717) is 55.2 Å². The number of hydrogen-bond acceptors (Lipinski definition) is 10. The molecule has 13 heteroatoms. The van der Waals surface area contributed by atoms with Crippen LogP contribution < -0.4 is 0 Å². The van der Waals surface area contributed by atoms with Gasteiger partial charge in [0.2, 0.25) is 5.82 Å². The molecular formula is C35H35FN4O8. The van der Waals surface area contributed by atoms with Crippen LogP contribution in [0.4, 0.5) is 14.0 Å². The molecule has 1 amide bonds. The van der Waals surface area contributed by atoms with Gasteiger partial charge in [-0.25, -0.2) is 14.0 Å². The Balaban J connectivity index is 1.02. The first-order valence-electron chi connectivity index (χ1n) is 15.8. The average molecular weight is 659 g/mol. The fraction of sp³-hybridized carbons (Fsp3) is 0.343. The lowest BCUT2D eigenvalue weighted by atomic mass is 10.0. The fourth-order valence-electron chi connectivity index (χ4n) is 5.95. The molecule has 0 unspecified atom stereocenters. The fourth-order valence-corrected chi connectivity index (χ4v) is 5.95. The molecule has 6 rings (SSSR count). The summed E-state index contributed by atoms with van der Waals surface area (Å²) in [5.41, 5.74) is 3.42. The molecule has 250 valence electrons. The number of carboxylic acid groups (broad SMARTS) is 1. The third kappa shape index (κ3) is 7.97. The number of amides is 1. The van der Waals surface area contributed by atoms with Crippen molar-refractivity contribution in [3.8, 4) is 34.0 Å². The predicted octanol–water partition coefficient (Wildman–Crippen LogP) is 6.36. The molecule has 12 nitrogen and oxygen atoms in total. The minimum absolute atomic E-state index is 0.0884. The summed E-state index contributed by atoms with van der Waals surface area (Å²) in [4.78, 5) is 44.4. The van der Waals surface area contributed by atoms with Gasteiger partial charge in [0.1, 0.15) is 5.82 Å². The molecule has 48 heavy (non-hydrogen) atoms. The summed E-state index contributed by atoms with van der Waals surface area (Å²) in [5.74, 6) is -1.85. The lowest BCUT2D eigenvalue weighted by molar-refractivity contribution is -0.209. The van der Waals surface area contributed by atoms with E-state index < -0.39 is 30.5 Å². The van der Waals surface area contributed by atoms with Gasteiger partial charge in [0.05, 0.1) is 0 Å². The second-order valence-electron chi connectivity index (χ2n) is 11.8. The molecule has 0 aliphatic carbocycles. The number of piperidine rings is 2. The maximum absolute atomic E-state index is 14.9. The Labute approximate surface area is 276 Å². The maximum atomic E-state index is 14.9. The monoisotopic (exact) mass is 658 g/mol. The number of ether oxygens (including phenoxy) is 3. The third-order valence-electron chi connectivity index (χ3n) is 8.53. The van der Waals surface area contributed by atoms with Crippen LogP contribution in [0.5, 0.6) is 0 Å². The van der Waals surface area contributed by atoms with Crippen LogP contribution in [0.15, 0.2) is 77.3 Å². The first-order valence-corrected chi connectivity index (χ1v) is 15.8. The molecule has 4 aromatic rings. The SMILES string of the molecule is O=C(O)OC1(OC(=O)OCC(=O)N2CCCCC2)CCN(Cc2ccc(-c3noc(-c4ccc(-c5ccccc5)c(F)c4)n3)cc2)CC1. The van der Waals surface area contributed by atoms with E-state index in [1.54, 1.807) is 17.0 Å². The van der Waals surface area contributed by atoms with Crippen LogP contribution in [0.25, 0.3) is 34.0 Å². The molecule has 3 aromatic carbocycles. The molecule has 0 atom stereocenters. The van der Waals surface area contributed by atoms with Crippen LogP contribution in [0.2, 0.25) is 0 Å². The van der Waals surface area contributed by atoms with E-state index in [0.717, 1.165) is 30.4 Å². The van der Waals surface area contributed by atoms with Crippen molar-refractivity contribution < 1.29 is 42.6 Å². The van der Waals surface area contributed by atoms with Gasteiger partial charge in [-0.2, -0.15) is 4.98 Å². The van der Waals surface area contributed by atoms with Gasteiger partial charge in [-0.05, 0) is 42.5 Å². The van der Waals surface area contributed by atoms with Crippen LogP contribution in [0.3, 0.4) is 0 Å². The maximum Gasteiger partial charge on any atom is 0.512 e. The van der Waals surface area contributed by atoms with Gasteiger partial charge in [0.15, 0.2) is 6.61 Å².